The zero-order valence-corrected chi connectivity index (χ0v) is 5.89. The summed E-state index contributed by atoms with van der Waals surface area (Å²) in [7, 11) is 10.1. The van der Waals surface area contributed by atoms with E-state index in [0.29, 0.717) is 0 Å². The topological polar surface area (TPSA) is 6.48 Å². The van der Waals surface area contributed by atoms with Gasteiger partial charge in [-0.15, -0.1) is 0 Å². The van der Waals surface area contributed by atoms with Crippen LogP contribution in [0.3, 0.4) is 0 Å². The lowest BCUT2D eigenvalue weighted by Crippen LogP contribution is -2.31. The van der Waals surface area contributed by atoms with Gasteiger partial charge in [0.1, 0.15) is 0 Å². The van der Waals surface area contributed by atoms with Crippen LogP contribution < -0.4 is 0 Å². The highest BCUT2D eigenvalue weighted by Gasteiger charge is 1.86. The lowest BCUT2D eigenvalue weighted by atomic mass is 11.2. The monoisotopic (exact) mass is 114 g/mol. The average Bonchev–Trinajstić information content (AvgIpc) is 1.36. The predicted molar refractivity (Wildman–Crippen MR) is 27.0 cm³/mol. The summed E-state index contributed by atoms with van der Waals surface area (Å²) in [5, 5.41) is 1.83. The van der Waals surface area contributed by atoms with Crippen LogP contribution in [0, 0.1) is 0 Å². The lowest BCUT2D eigenvalue weighted by molar-refractivity contribution is 0.238. The van der Waals surface area contributed by atoms with Gasteiger partial charge in [-0.25, -0.2) is 0 Å². The van der Waals surface area contributed by atoms with Gasteiger partial charge in [0.2, 0.25) is 0 Å². The molecule has 4 heteroatoms. The highest BCUT2D eigenvalue weighted by molar-refractivity contribution is 6.24. The summed E-state index contributed by atoms with van der Waals surface area (Å²) in [6.07, 6.45) is 0. The van der Waals surface area contributed by atoms with Gasteiger partial charge in [0.15, 0.2) is 20.8 Å². The van der Waals surface area contributed by atoms with Crippen molar-refractivity contribution >= 4 is 20.8 Å². The zero-order chi connectivity index (χ0) is 5.15. The molecule has 0 fully saturated rings. The molecule has 6 radical (unpaired) electrons. The minimum atomic E-state index is 1.61. The first kappa shape index (κ1) is 6.35. The molecule has 0 aromatic carbocycles. The normalized spacial score (nSPS) is 11.0. The Hall–Kier alpha value is 0.354. The van der Waals surface area contributed by atoms with Gasteiger partial charge in [-0.3, -0.25) is 9.35 Å². The number of hydrogen-bond donors (Lipinski definition) is 0. The molecule has 0 saturated carbocycles. The molecular weight excluding hydrogens is 108 g/mol. The SMILES string of the molecule is CN(C)N([Si])[Si]. The smallest absolute Gasteiger partial charge is 0.154 e. The summed E-state index contributed by atoms with van der Waals surface area (Å²) in [5.74, 6) is 0. The zero-order valence-electron chi connectivity index (χ0n) is 3.89. The number of hydrazine groups is 1. The van der Waals surface area contributed by atoms with Crippen LogP contribution in [0.25, 0.3) is 0 Å². The predicted octanol–water partition coefficient (Wildman–Crippen LogP) is -1.07. The molecule has 0 rings (SSSR count). The van der Waals surface area contributed by atoms with Crippen LogP contribution in [-0.4, -0.2) is 44.3 Å². The van der Waals surface area contributed by atoms with Crippen LogP contribution in [0.2, 0.25) is 0 Å². The van der Waals surface area contributed by atoms with Crippen LogP contribution in [0.5, 0.6) is 0 Å². The lowest BCUT2D eigenvalue weighted by Gasteiger charge is -2.17. The molecule has 0 spiro atoms. The van der Waals surface area contributed by atoms with Crippen molar-refractivity contribution in [3.63, 3.8) is 0 Å². The van der Waals surface area contributed by atoms with E-state index in [1.165, 1.54) is 0 Å². The van der Waals surface area contributed by atoms with E-state index in [2.05, 4.69) is 20.8 Å². The van der Waals surface area contributed by atoms with Crippen molar-refractivity contribution in [3.05, 3.63) is 0 Å². The third-order valence-corrected chi connectivity index (χ3v) is 1.20. The molecule has 0 saturated heterocycles. The number of rotatable bonds is 1. The third kappa shape index (κ3) is 2.58. The van der Waals surface area contributed by atoms with E-state index in [4.69, 9.17) is 0 Å². The Morgan fingerprint density at radius 3 is 1.33 bits per heavy atom. The Morgan fingerprint density at radius 2 is 1.33 bits per heavy atom. The summed E-state index contributed by atoms with van der Waals surface area (Å²) in [5.41, 5.74) is 0. The van der Waals surface area contributed by atoms with Crippen molar-refractivity contribution in [2.24, 2.45) is 0 Å². The maximum atomic E-state index is 3.16. The second kappa shape index (κ2) is 2.51. The summed E-state index contributed by atoms with van der Waals surface area (Å²) in [4.78, 5) is 0. The second-order valence-electron chi connectivity index (χ2n) is 1.16. The first-order valence-electron chi connectivity index (χ1n) is 1.54. The van der Waals surface area contributed by atoms with Crippen molar-refractivity contribution in [3.8, 4) is 0 Å². The largest absolute Gasteiger partial charge is 0.291 e. The van der Waals surface area contributed by atoms with Gasteiger partial charge in [0, 0.05) is 14.1 Å². The summed E-state index contributed by atoms with van der Waals surface area (Å²) >= 11 is 0. The van der Waals surface area contributed by atoms with Crippen LogP contribution in [0.15, 0.2) is 0 Å². The Balaban J connectivity index is 2.99. The number of nitrogens with zero attached hydrogens (tertiary/aromatic N) is 2. The molecule has 2 nitrogen and oxygen atoms in total. The Labute approximate surface area is 45.1 Å². The van der Waals surface area contributed by atoms with Gasteiger partial charge < -0.3 is 0 Å². The minimum Gasteiger partial charge on any atom is -0.291 e. The average molecular weight is 114 g/mol. The fraction of sp³-hybridized carbons (Fsp3) is 1.00. The summed E-state index contributed by atoms with van der Waals surface area (Å²) < 4.78 is 1.61. The highest BCUT2D eigenvalue weighted by atomic mass is 28.2. The molecule has 0 aromatic heterocycles. The molecule has 0 aromatic rings. The van der Waals surface area contributed by atoms with Crippen LogP contribution >= 0.6 is 0 Å². The van der Waals surface area contributed by atoms with E-state index in [1.807, 2.05) is 19.1 Å². The molecule has 0 amide bonds. The molecule has 6 heavy (non-hydrogen) atoms. The molecule has 0 aliphatic heterocycles. The van der Waals surface area contributed by atoms with Gasteiger partial charge in [-0.1, -0.05) is 0 Å². The molecule has 32 valence electrons. The van der Waals surface area contributed by atoms with Crippen LogP contribution in [0.1, 0.15) is 0 Å². The molecule has 0 heterocycles. The fourth-order valence-corrected chi connectivity index (χ4v) is 0. The van der Waals surface area contributed by atoms with Gasteiger partial charge in [0.25, 0.3) is 0 Å². The first-order chi connectivity index (χ1) is 2.64. The van der Waals surface area contributed by atoms with Gasteiger partial charge in [-0.05, 0) is 0 Å². The summed E-state index contributed by atoms with van der Waals surface area (Å²) in [6.45, 7) is 0. The van der Waals surface area contributed by atoms with Crippen LogP contribution in [-0.2, 0) is 0 Å². The van der Waals surface area contributed by atoms with Crippen molar-refractivity contribution in [1.29, 1.82) is 0 Å². The highest BCUT2D eigenvalue weighted by Crippen LogP contribution is 1.69. The number of hydrogen-bond acceptors (Lipinski definition) is 2. The van der Waals surface area contributed by atoms with Crippen molar-refractivity contribution in [2.45, 2.75) is 0 Å². The quantitative estimate of drug-likeness (QED) is 0.316. The first-order valence-corrected chi connectivity index (χ1v) is 2.44. The van der Waals surface area contributed by atoms with Gasteiger partial charge >= 0.3 is 0 Å². The molecular formula is C2H6N2Si2. The maximum absolute atomic E-state index is 3.16. The van der Waals surface area contributed by atoms with E-state index in [-0.39, 0.29) is 0 Å². The third-order valence-electron chi connectivity index (χ3n) is 0.400. The van der Waals surface area contributed by atoms with Crippen molar-refractivity contribution in [1.82, 2.24) is 9.35 Å². The second-order valence-corrected chi connectivity index (χ2v) is 2.45. The Morgan fingerprint density at radius 1 is 1.17 bits per heavy atom. The molecule has 0 aliphatic rings. The van der Waals surface area contributed by atoms with Crippen molar-refractivity contribution < 1.29 is 0 Å². The minimum absolute atomic E-state index is 1.61. The standard InChI is InChI=1S/C2H6N2Si2/c1-3(2)4(5)6/h1-2H3. The Kier molecular flexibility index (Phi) is 2.66. The van der Waals surface area contributed by atoms with E-state index in [1.54, 1.807) is 4.34 Å². The molecule has 0 bridgehead atoms. The van der Waals surface area contributed by atoms with Gasteiger partial charge in [0.05, 0.1) is 0 Å². The summed E-state index contributed by atoms with van der Waals surface area (Å²) in [6, 6.07) is 0. The Bertz CT molecular complexity index is 30.5. The van der Waals surface area contributed by atoms with E-state index < -0.39 is 0 Å². The fourth-order valence-electron chi connectivity index (χ4n) is 0. The molecule has 0 atom stereocenters. The van der Waals surface area contributed by atoms with Crippen molar-refractivity contribution in [2.75, 3.05) is 14.1 Å². The maximum Gasteiger partial charge on any atom is 0.154 e. The molecule has 0 N–H and O–H groups in total. The molecule has 0 aliphatic carbocycles. The van der Waals surface area contributed by atoms with E-state index >= 15 is 0 Å². The van der Waals surface area contributed by atoms with Gasteiger partial charge in [-0.2, -0.15) is 0 Å². The van der Waals surface area contributed by atoms with E-state index in [9.17, 15) is 0 Å². The van der Waals surface area contributed by atoms with E-state index in [0.717, 1.165) is 0 Å². The van der Waals surface area contributed by atoms with Crippen LogP contribution in [0.4, 0.5) is 0 Å². The molecule has 0 unspecified atom stereocenters.